The molecule has 1 aromatic rings. The Bertz CT molecular complexity index is 508. The lowest BCUT2D eigenvalue weighted by molar-refractivity contribution is 0.0604. The molecular weight excluding hydrogens is 258 g/mol. The quantitative estimate of drug-likeness (QED) is 0.923. The summed E-state index contributed by atoms with van der Waals surface area (Å²) in [6.07, 6.45) is 5.23. The molecule has 1 fully saturated rings. The van der Waals surface area contributed by atoms with Gasteiger partial charge in [0.05, 0.1) is 5.56 Å². The molecule has 0 unspecified atom stereocenters. The van der Waals surface area contributed by atoms with E-state index in [0.29, 0.717) is 5.41 Å². The van der Waals surface area contributed by atoms with Crippen LogP contribution in [0.5, 0.6) is 0 Å². The van der Waals surface area contributed by atoms with E-state index in [0.717, 1.165) is 31.9 Å². The van der Waals surface area contributed by atoms with E-state index in [-0.39, 0.29) is 23.3 Å². The van der Waals surface area contributed by atoms with E-state index >= 15 is 0 Å². The molecule has 0 atom stereocenters. The van der Waals surface area contributed by atoms with Crippen LogP contribution < -0.4 is 0 Å². The van der Waals surface area contributed by atoms with Crippen molar-refractivity contribution in [3.63, 3.8) is 0 Å². The molecule has 1 aliphatic rings. The fourth-order valence-corrected chi connectivity index (χ4v) is 2.67. The van der Waals surface area contributed by atoms with Gasteiger partial charge in [-0.05, 0) is 31.1 Å². The highest BCUT2D eigenvalue weighted by atomic mass is 16.4. The first kappa shape index (κ1) is 14.6. The third-order valence-electron chi connectivity index (χ3n) is 4.23. The Morgan fingerprint density at radius 1 is 1.35 bits per heavy atom. The number of hydrogen-bond acceptors (Lipinski definition) is 3. The summed E-state index contributed by atoms with van der Waals surface area (Å²) in [6.45, 7) is 4.49. The average Bonchev–Trinajstić information content (AvgIpc) is 2.86. The maximum absolute atomic E-state index is 12.3. The van der Waals surface area contributed by atoms with E-state index in [1.807, 2.05) is 0 Å². The molecular formula is C15H21NO4. The molecule has 1 saturated carbocycles. The molecule has 1 aromatic heterocycles. The third kappa shape index (κ3) is 3.03. The lowest BCUT2D eigenvalue weighted by Gasteiger charge is -2.38. The van der Waals surface area contributed by atoms with Crippen LogP contribution in [0, 0.1) is 5.41 Å². The van der Waals surface area contributed by atoms with E-state index in [4.69, 9.17) is 9.52 Å². The molecule has 1 amide bonds. The molecule has 0 aliphatic heterocycles. The molecule has 1 N–H and O–H groups in total. The summed E-state index contributed by atoms with van der Waals surface area (Å²) in [7, 11) is 1.76. The number of furan rings is 1. The van der Waals surface area contributed by atoms with Gasteiger partial charge in [-0.15, -0.1) is 0 Å². The number of nitrogens with zero attached hydrogens (tertiary/aromatic N) is 1. The maximum Gasteiger partial charge on any atom is 0.338 e. The molecule has 5 heteroatoms. The number of rotatable bonds is 3. The summed E-state index contributed by atoms with van der Waals surface area (Å²) in [5.74, 6) is -1.24. The minimum Gasteiger partial charge on any atom is -0.478 e. The predicted octanol–water partition coefficient (Wildman–Crippen LogP) is 3.02. The molecule has 0 spiro atoms. The minimum atomic E-state index is -1.09. The monoisotopic (exact) mass is 279 g/mol. The van der Waals surface area contributed by atoms with Crippen molar-refractivity contribution in [1.29, 1.82) is 0 Å². The zero-order chi connectivity index (χ0) is 14.9. The third-order valence-corrected chi connectivity index (χ3v) is 4.23. The van der Waals surface area contributed by atoms with Crippen molar-refractivity contribution in [2.45, 2.75) is 45.6 Å². The summed E-state index contributed by atoms with van der Waals surface area (Å²) in [4.78, 5) is 24.8. The molecule has 0 radical (unpaired) electrons. The lowest BCUT2D eigenvalue weighted by atomic mass is 9.75. The van der Waals surface area contributed by atoms with Crippen LogP contribution in [0.15, 0.2) is 16.7 Å². The topological polar surface area (TPSA) is 70.8 Å². The van der Waals surface area contributed by atoms with Crippen LogP contribution in [0.4, 0.5) is 0 Å². The zero-order valence-corrected chi connectivity index (χ0v) is 12.2. The van der Waals surface area contributed by atoms with Crippen molar-refractivity contribution in [3.8, 4) is 0 Å². The Hall–Kier alpha value is -1.78. The van der Waals surface area contributed by atoms with E-state index in [1.165, 1.54) is 6.07 Å². The van der Waals surface area contributed by atoms with Gasteiger partial charge < -0.3 is 14.4 Å². The summed E-state index contributed by atoms with van der Waals surface area (Å²) in [5.41, 5.74) is 0.355. The Kier molecular flexibility index (Phi) is 3.88. The Morgan fingerprint density at radius 3 is 2.45 bits per heavy atom. The van der Waals surface area contributed by atoms with Crippen LogP contribution in [0.1, 0.15) is 60.4 Å². The SMILES string of the molecule is CN(C(=O)c1cc(C(=O)O)co1)C1CCC(C)(C)CC1. The number of hydrogen-bond donors (Lipinski definition) is 1. The molecule has 1 aliphatic carbocycles. The van der Waals surface area contributed by atoms with Gasteiger partial charge in [-0.1, -0.05) is 13.8 Å². The van der Waals surface area contributed by atoms with Gasteiger partial charge in [-0.2, -0.15) is 0 Å². The minimum absolute atomic E-state index is 0.00604. The van der Waals surface area contributed by atoms with Crippen molar-refractivity contribution >= 4 is 11.9 Å². The largest absolute Gasteiger partial charge is 0.478 e. The van der Waals surface area contributed by atoms with Crippen molar-refractivity contribution in [2.24, 2.45) is 5.41 Å². The van der Waals surface area contributed by atoms with E-state index in [1.54, 1.807) is 11.9 Å². The highest BCUT2D eigenvalue weighted by Crippen LogP contribution is 2.36. The van der Waals surface area contributed by atoms with Gasteiger partial charge in [0.2, 0.25) is 0 Å². The molecule has 0 aromatic carbocycles. The maximum atomic E-state index is 12.3. The summed E-state index contributed by atoms with van der Waals surface area (Å²) >= 11 is 0. The second-order valence-electron chi connectivity index (χ2n) is 6.32. The molecule has 0 saturated heterocycles. The zero-order valence-electron chi connectivity index (χ0n) is 12.2. The standard InChI is InChI=1S/C15H21NO4/c1-15(2)6-4-11(5-7-15)16(3)13(17)12-8-10(9-20-12)14(18)19/h8-9,11H,4-7H2,1-3H3,(H,18,19). The van der Waals surface area contributed by atoms with E-state index in [9.17, 15) is 9.59 Å². The fraction of sp³-hybridized carbons (Fsp3) is 0.600. The number of carbonyl (C=O) groups excluding carboxylic acids is 1. The Balaban J connectivity index is 2.03. The number of carboxylic acid groups (broad SMARTS) is 1. The first-order valence-electron chi connectivity index (χ1n) is 6.89. The van der Waals surface area contributed by atoms with E-state index < -0.39 is 5.97 Å². The first-order chi connectivity index (χ1) is 9.30. The van der Waals surface area contributed by atoms with Gasteiger partial charge >= 0.3 is 5.97 Å². The van der Waals surface area contributed by atoms with Crippen LogP contribution >= 0.6 is 0 Å². The van der Waals surface area contributed by atoms with Crippen molar-refractivity contribution in [3.05, 3.63) is 23.7 Å². The average molecular weight is 279 g/mol. The first-order valence-corrected chi connectivity index (χ1v) is 6.89. The van der Waals surface area contributed by atoms with Crippen LogP contribution in [-0.4, -0.2) is 35.0 Å². The molecule has 2 rings (SSSR count). The van der Waals surface area contributed by atoms with Gasteiger partial charge in [0, 0.05) is 19.2 Å². The summed E-state index contributed by atoms with van der Waals surface area (Å²) in [6, 6.07) is 1.49. The molecule has 5 nitrogen and oxygen atoms in total. The van der Waals surface area contributed by atoms with Gasteiger partial charge in [0.15, 0.2) is 5.76 Å². The van der Waals surface area contributed by atoms with E-state index in [2.05, 4.69) is 13.8 Å². The Morgan fingerprint density at radius 2 is 1.95 bits per heavy atom. The fourth-order valence-electron chi connectivity index (χ4n) is 2.67. The Labute approximate surface area is 118 Å². The predicted molar refractivity (Wildman–Crippen MR) is 73.8 cm³/mol. The molecule has 20 heavy (non-hydrogen) atoms. The summed E-state index contributed by atoms with van der Waals surface area (Å²) < 4.78 is 5.07. The van der Waals surface area contributed by atoms with Crippen molar-refractivity contribution in [2.75, 3.05) is 7.05 Å². The summed E-state index contributed by atoms with van der Waals surface area (Å²) in [5, 5.41) is 8.84. The van der Waals surface area contributed by atoms with Crippen LogP contribution in [-0.2, 0) is 0 Å². The molecule has 110 valence electrons. The molecule has 0 bridgehead atoms. The van der Waals surface area contributed by atoms with Crippen LogP contribution in [0.3, 0.4) is 0 Å². The number of aromatic carboxylic acids is 1. The number of carboxylic acids is 1. The number of carbonyl (C=O) groups is 2. The normalized spacial score (nSPS) is 18.8. The number of amides is 1. The van der Waals surface area contributed by atoms with Crippen molar-refractivity contribution < 1.29 is 19.1 Å². The highest BCUT2D eigenvalue weighted by molar-refractivity contribution is 5.95. The second-order valence-corrected chi connectivity index (χ2v) is 6.32. The van der Waals surface area contributed by atoms with Crippen LogP contribution in [0.25, 0.3) is 0 Å². The van der Waals surface area contributed by atoms with Crippen molar-refractivity contribution in [1.82, 2.24) is 4.90 Å². The van der Waals surface area contributed by atoms with Gasteiger partial charge in [0.1, 0.15) is 6.26 Å². The highest BCUT2D eigenvalue weighted by Gasteiger charge is 2.31. The second kappa shape index (κ2) is 5.31. The van der Waals surface area contributed by atoms with Gasteiger partial charge in [-0.25, -0.2) is 4.79 Å². The smallest absolute Gasteiger partial charge is 0.338 e. The molecule has 1 heterocycles. The van der Waals surface area contributed by atoms with Crippen LogP contribution in [0.2, 0.25) is 0 Å². The van der Waals surface area contributed by atoms with Gasteiger partial charge in [0.25, 0.3) is 5.91 Å². The lowest BCUT2D eigenvalue weighted by Crippen LogP contribution is -2.40. The van der Waals surface area contributed by atoms with Gasteiger partial charge in [-0.3, -0.25) is 4.79 Å².